The maximum Gasteiger partial charge on any atom is 0.416 e. The van der Waals surface area contributed by atoms with Crippen LogP contribution in [-0.2, 0) is 17.4 Å². The number of alkyl halides is 3. The Hall–Kier alpha value is -1.98. The highest BCUT2D eigenvalue weighted by molar-refractivity contribution is 5.68. The Balaban J connectivity index is 3.06. The van der Waals surface area contributed by atoms with Crippen LogP contribution in [0.1, 0.15) is 11.1 Å². The molecular formula is C12H11F3O3. The first-order valence-corrected chi connectivity index (χ1v) is 5.00. The summed E-state index contributed by atoms with van der Waals surface area (Å²) in [6.07, 6.45) is -2.70. The molecule has 0 radical (unpaired) electrons. The number of rotatable bonds is 5. The fourth-order valence-corrected chi connectivity index (χ4v) is 1.33. The topological polar surface area (TPSA) is 46.5 Å². The van der Waals surface area contributed by atoms with E-state index < -0.39 is 24.3 Å². The number of aliphatic carboxylic acids is 1. The zero-order valence-electron chi connectivity index (χ0n) is 9.33. The van der Waals surface area contributed by atoms with Crippen LogP contribution in [0.15, 0.2) is 30.9 Å². The summed E-state index contributed by atoms with van der Waals surface area (Å²) >= 11 is 0. The molecule has 1 aromatic carbocycles. The molecule has 6 heteroatoms. The number of allylic oxidation sites excluding steroid dienone is 1. The summed E-state index contributed by atoms with van der Waals surface area (Å²) in [6.45, 7) is 2.78. The number of carbonyl (C=O) groups is 1. The molecule has 0 saturated heterocycles. The van der Waals surface area contributed by atoms with Crippen LogP contribution in [0, 0.1) is 0 Å². The molecule has 0 unspecified atom stereocenters. The number of hydrogen-bond acceptors (Lipinski definition) is 2. The molecule has 0 atom stereocenters. The first kappa shape index (κ1) is 14.1. The van der Waals surface area contributed by atoms with Gasteiger partial charge in [0.05, 0.1) is 5.56 Å². The van der Waals surface area contributed by atoms with Crippen molar-refractivity contribution in [3.05, 3.63) is 42.0 Å². The number of ether oxygens (including phenoxy) is 1. The second-order valence-corrected chi connectivity index (χ2v) is 3.50. The second kappa shape index (κ2) is 5.57. The second-order valence-electron chi connectivity index (χ2n) is 3.50. The molecule has 0 aliphatic carbocycles. The van der Waals surface area contributed by atoms with Crippen LogP contribution in [0.4, 0.5) is 13.2 Å². The van der Waals surface area contributed by atoms with Crippen LogP contribution in [0.5, 0.6) is 5.75 Å². The van der Waals surface area contributed by atoms with Crippen molar-refractivity contribution < 1.29 is 27.8 Å². The van der Waals surface area contributed by atoms with Crippen molar-refractivity contribution >= 4 is 5.97 Å². The van der Waals surface area contributed by atoms with E-state index in [1.807, 2.05) is 0 Å². The van der Waals surface area contributed by atoms with Crippen molar-refractivity contribution in [1.29, 1.82) is 0 Å². The van der Waals surface area contributed by atoms with Gasteiger partial charge in [-0.3, -0.25) is 0 Å². The molecule has 98 valence electrons. The maximum absolute atomic E-state index is 12.5. The van der Waals surface area contributed by atoms with Crippen molar-refractivity contribution in [1.82, 2.24) is 0 Å². The molecule has 1 rings (SSSR count). The minimum absolute atomic E-state index is 0.0906. The molecule has 0 amide bonds. The zero-order valence-corrected chi connectivity index (χ0v) is 9.33. The van der Waals surface area contributed by atoms with E-state index in [2.05, 4.69) is 6.58 Å². The summed E-state index contributed by atoms with van der Waals surface area (Å²) in [5.41, 5.74) is -0.421. The molecule has 1 N–H and O–H groups in total. The Bertz CT molecular complexity index is 452. The average Bonchev–Trinajstić information content (AvgIpc) is 2.26. The third-order valence-corrected chi connectivity index (χ3v) is 2.11. The highest BCUT2D eigenvalue weighted by Crippen LogP contribution is 2.33. The highest BCUT2D eigenvalue weighted by Gasteiger charge is 2.31. The van der Waals surface area contributed by atoms with E-state index in [9.17, 15) is 18.0 Å². The monoisotopic (exact) mass is 260 g/mol. The van der Waals surface area contributed by atoms with Gasteiger partial charge in [0, 0.05) is 0 Å². The van der Waals surface area contributed by atoms with Gasteiger partial charge in [-0.1, -0.05) is 12.1 Å². The van der Waals surface area contributed by atoms with E-state index in [4.69, 9.17) is 9.84 Å². The molecule has 0 aliphatic heterocycles. The van der Waals surface area contributed by atoms with Gasteiger partial charge in [-0.15, -0.1) is 6.58 Å². The maximum atomic E-state index is 12.5. The van der Waals surface area contributed by atoms with Crippen LogP contribution < -0.4 is 4.74 Å². The summed E-state index contributed by atoms with van der Waals surface area (Å²) < 4.78 is 42.3. The first-order valence-electron chi connectivity index (χ1n) is 5.00. The molecular weight excluding hydrogens is 249 g/mol. The van der Waals surface area contributed by atoms with E-state index in [1.54, 1.807) is 0 Å². The van der Waals surface area contributed by atoms with Gasteiger partial charge in [-0.2, -0.15) is 13.2 Å². The molecule has 0 bridgehead atoms. The third kappa shape index (κ3) is 3.80. The molecule has 3 nitrogen and oxygen atoms in total. The van der Waals surface area contributed by atoms with Gasteiger partial charge in [-0.05, 0) is 24.1 Å². The highest BCUT2D eigenvalue weighted by atomic mass is 19.4. The number of carboxylic acid groups (broad SMARTS) is 1. The SMILES string of the molecule is C=CCc1ccc(C(F)(F)F)cc1OCC(=O)O. The predicted octanol–water partition coefficient (Wildman–Crippen LogP) is 2.90. The molecule has 0 spiro atoms. The minimum Gasteiger partial charge on any atom is -0.482 e. The van der Waals surface area contributed by atoms with Gasteiger partial charge in [0.15, 0.2) is 6.61 Å². The average molecular weight is 260 g/mol. The van der Waals surface area contributed by atoms with Crippen molar-refractivity contribution in [2.75, 3.05) is 6.61 Å². The Morgan fingerprint density at radius 2 is 2.11 bits per heavy atom. The first-order chi connectivity index (χ1) is 8.34. The van der Waals surface area contributed by atoms with E-state index >= 15 is 0 Å². The number of benzene rings is 1. The van der Waals surface area contributed by atoms with Crippen LogP contribution in [-0.4, -0.2) is 17.7 Å². The number of carboxylic acids is 1. The van der Waals surface area contributed by atoms with E-state index in [1.165, 1.54) is 12.1 Å². The lowest BCUT2D eigenvalue weighted by atomic mass is 10.1. The smallest absolute Gasteiger partial charge is 0.416 e. The van der Waals surface area contributed by atoms with Crippen LogP contribution in [0.2, 0.25) is 0 Å². The van der Waals surface area contributed by atoms with E-state index in [-0.39, 0.29) is 5.75 Å². The minimum atomic E-state index is -4.49. The molecule has 0 aliphatic rings. The normalized spacial score (nSPS) is 11.1. The standard InChI is InChI=1S/C12H11F3O3/c1-2-3-8-4-5-9(12(13,14)15)6-10(8)18-7-11(16)17/h2,4-6H,1,3,7H2,(H,16,17). The van der Waals surface area contributed by atoms with Crippen molar-refractivity contribution in [2.24, 2.45) is 0 Å². The predicted molar refractivity (Wildman–Crippen MR) is 58.5 cm³/mol. The number of halogens is 3. The summed E-state index contributed by atoms with van der Waals surface area (Å²) in [5.74, 6) is -1.34. The lowest BCUT2D eigenvalue weighted by Crippen LogP contribution is -2.12. The van der Waals surface area contributed by atoms with E-state index in [0.29, 0.717) is 12.0 Å². The quantitative estimate of drug-likeness (QED) is 0.828. The molecule has 0 fully saturated rings. The fraction of sp³-hybridized carbons (Fsp3) is 0.250. The fourth-order valence-electron chi connectivity index (χ4n) is 1.33. The number of hydrogen-bond donors (Lipinski definition) is 1. The molecule has 0 heterocycles. The van der Waals surface area contributed by atoms with Crippen LogP contribution >= 0.6 is 0 Å². The van der Waals surface area contributed by atoms with Crippen LogP contribution in [0.25, 0.3) is 0 Å². The third-order valence-electron chi connectivity index (χ3n) is 2.11. The van der Waals surface area contributed by atoms with Crippen molar-refractivity contribution in [2.45, 2.75) is 12.6 Å². The van der Waals surface area contributed by atoms with Crippen LogP contribution in [0.3, 0.4) is 0 Å². The Morgan fingerprint density at radius 1 is 1.44 bits per heavy atom. The largest absolute Gasteiger partial charge is 0.482 e. The summed E-state index contributed by atoms with van der Waals surface area (Å²) in [7, 11) is 0. The lowest BCUT2D eigenvalue weighted by molar-refractivity contribution is -0.139. The molecule has 1 aromatic rings. The Kier molecular flexibility index (Phi) is 4.36. The molecule has 0 aromatic heterocycles. The van der Waals surface area contributed by atoms with Crippen molar-refractivity contribution in [3.63, 3.8) is 0 Å². The molecule has 18 heavy (non-hydrogen) atoms. The van der Waals surface area contributed by atoms with Gasteiger partial charge in [-0.25, -0.2) is 4.79 Å². The van der Waals surface area contributed by atoms with Gasteiger partial charge in [0.25, 0.3) is 0 Å². The summed E-state index contributed by atoms with van der Waals surface area (Å²) in [5, 5.41) is 8.46. The van der Waals surface area contributed by atoms with Gasteiger partial charge < -0.3 is 9.84 Å². The zero-order chi connectivity index (χ0) is 13.8. The van der Waals surface area contributed by atoms with Gasteiger partial charge in [0.2, 0.25) is 0 Å². The van der Waals surface area contributed by atoms with Crippen molar-refractivity contribution in [3.8, 4) is 5.75 Å². The van der Waals surface area contributed by atoms with E-state index in [0.717, 1.165) is 12.1 Å². The summed E-state index contributed by atoms with van der Waals surface area (Å²) in [6, 6.07) is 2.97. The van der Waals surface area contributed by atoms with Gasteiger partial charge >= 0.3 is 12.1 Å². The Labute approximate surface area is 101 Å². The molecule has 0 saturated carbocycles. The Morgan fingerprint density at radius 3 is 2.61 bits per heavy atom. The lowest BCUT2D eigenvalue weighted by Gasteiger charge is -2.12. The summed E-state index contributed by atoms with van der Waals surface area (Å²) in [4.78, 5) is 10.4. The van der Waals surface area contributed by atoms with Gasteiger partial charge in [0.1, 0.15) is 5.75 Å².